The van der Waals surface area contributed by atoms with Crippen molar-refractivity contribution in [1.82, 2.24) is 19.5 Å². The average molecular weight is 657 g/mol. The van der Waals surface area contributed by atoms with Crippen molar-refractivity contribution < 1.29 is 0 Å². The van der Waals surface area contributed by atoms with Crippen molar-refractivity contribution in [3.63, 3.8) is 0 Å². The molecule has 0 amide bonds. The van der Waals surface area contributed by atoms with E-state index in [1.54, 1.807) is 0 Å². The summed E-state index contributed by atoms with van der Waals surface area (Å²) in [5.74, 6) is 1.84. The monoisotopic (exact) mass is 656 g/mol. The lowest BCUT2D eigenvalue weighted by Crippen LogP contribution is -2.10. The Bertz CT molecular complexity index is 2630. The van der Waals surface area contributed by atoms with E-state index in [0.29, 0.717) is 17.6 Å². The molecule has 0 spiro atoms. The van der Waals surface area contributed by atoms with Crippen molar-refractivity contribution >= 4 is 32.6 Å². The molecular formula is C47H36N4. The fourth-order valence-corrected chi connectivity index (χ4v) is 7.19. The van der Waals surface area contributed by atoms with Crippen LogP contribution >= 0.6 is 0 Å². The number of hydrogen-bond acceptors (Lipinski definition) is 3. The summed E-state index contributed by atoms with van der Waals surface area (Å²) in [5, 5.41) is 4.74. The van der Waals surface area contributed by atoms with Crippen LogP contribution in [0.2, 0.25) is 0 Å². The molecule has 0 atom stereocenters. The molecule has 0 fully saturated rings. The fourth-order valence-electron chi connectivity index (χ4n) is 7.19. The van der Waals surface area contributed by atoms with Gasteiger partial charge in [0.05, 0.1) is 11.0 Å². The van der Waals surface area contributed by atoms with Crippen LogP contribution in [0.1, 0.15) is 26.3 Å². The molecule has 0 N–H and O–H groups in total. The lowest BCUT2D eigenvalue weighted by molar-refractivity contribution is 0.590. The summed E-state index contributed by atoms with van der Waals surface area (Å²) < 4.78 is 2.25. The molecule has 2 aromatic heterocycles. The van der Waals surface area contributed by atoms with Gasteiger partial charge in [-0.25, -0.2) is 4.98 Å². The number of aromatic nitrogens is 4. The predicted molar refractivity (Wildman–Crippen MR) is 212 cm³/mol. The highest BCUT2D eigenvalue weighted by Crippen LogP contribution is 2.42. The zero-order chi connectivity index (χ0) is 34.5. The standard InChI is InChI=1S/C47H36N4/c1-47(2,3)36-26-23-32(24-27-36)40-30-42-43(38-22-14-13-21-37(38)40)39-28-25-35(31-15-7-4-8-16-31)29-41(39)51(42)46-49-44(33-17-9-5-10-18-33)48-45(50-46)34-19-11-6-12-20-34/h4-30H,1-3H3. The van der Waals surface area contributed by atoms with Gasteiger partial charge < -0.3 is 0 Å². The molecule has 4 nitrogen and oxygen atoms in total. The molecule has 9 aromatic rings. The van der Waals surface area contributed by atoms with Crippen LogP contribution in [0.5, 0.6) is 0 Å². The van der Waals surface area contributed by atoms with Crippen LogP contribution in [-0.2, 0) is 5.41 Å². The van der Waals surface area contributed by atoms with Gasteiger partial charge in [-0.3, -0.25) is 4.57 Å². The lowest BCUT2D eigenvalue weighted by Gasteiger charge is -2.19. The first-order valence-electron chi connectivity index (χ1n) is 17.5. The van der Waals surface area contributed by atoms with Gasteiger partial charge in [-0.2, -0.15) is 9.97 Å². The van der Waals surface area contributed by atoms with Crippen LogP contribution in [0.3, 0.4) is 0 Å². The van der Waals surface area contributed by atoms with E-state index in [-0.39, 0.29) is 5.41 Å². The third kappa shape index (κ3) is 5.46. The van der Waals surface area contributed by atoms with Crippen LogP contribution in [-0.4, -0.2) is 19.5 Å². The van der Waals surface area contributed by atoms with Crippen molar-refractivity contribution in [3.05, 3.63) is 169 Å². The van der Waals surface area contributed by atoms with Gasteiger partial charge in [0.1, 0.15) is 0 Å². The summed E-state index contributed by atoms with van der Waals surface area (Å²) in [6.45, 7) is 6.77. The van der Waals surface area contributed by atoms with Gasteiger partial charge in [0.15, 0.2) is 11.6 Å². The number of fused-ring (bicyclic) bond motifs is 5. The summed E-state index contributed by atoms with van der Waals surface area (Å²) in [7, 11) is 0. The predicted octanol–water partition coefficient (Wildman–Crippen LogP) is 12.1. The van der Waals surface area contributed by atoms with Gasteiger partial charge >= 0.3 is 0 Å². The summed E-state index contributed by atoms with van der Waals surface area (Å²) in [4.78, 5) is 15.5. The molecule has 0 aliphatic rings. The van der Waals surface area contributed by atoms with Gasteiger partial charge in [0, 0.05) is 21.9 Å². The summed E-state index contributed by atoms with van der Waals surface area (Å²) in [6, 6.07) is 57.8. The van der Waals surface area contributed by atoms with Crippen molar-refractivity contribution in [2.24, 2.45) is 0 Å². The van der Waals surface area contributed by atoms with Crippen LogP contribution in [0.25, 0.3) is 83.6 Å². The summed E-state index contributed by atoms with van der Waals surface area (Å²) >= 11 is 0. The first kappa shape index (κ1) is 30.7. The molecular weight excluding hydrogens is 621 g/mol. The van der Waals surface area contributed by atoms with Gasteiger partial charge in [-0.05, 0) is 56.1 Å². The molecule has 0 bridgehead atoms. The van der Waals surface area contributed by atoms with E-state index in [1.165, 1.54) is 32.8 Å². The number of nitrogens with zero attached hydrogens (tertiary/aromatic N) is 4. The van der Waals surface area contributed by atoms with Crippen LogP contribution in [0.4, 0.5) is 0 Å². The van der Waals surface area contributed by atoms with E-state index in [1.807, 2.05) is 36.4 Å². The second kappa shape index (κ2) is 12.2. The first-order valence-corrected chi connectivity index (χ1v) is 17.5. The molecule has 0 radical (unpaired) electrons. The number of hydrogen-bond donors (Lipinski definition) is 0. The fraction of sp³-hybridized carbons (Fsp3) is 0.0851. The number of benzene rings is 7. The molecule has 244 valence electrons. The van der Waals surface area contributed by atoms with E-state index < -0.39 is 0 Å². The van der Waals surface area contributed by atoms with Gasteiger partial charge in [-0.1, -0.05) is 172 Å². The maximum atomic E-state index is 5.24. The largest absolute Gasteiger partial charge is 0.278 e. The molecule has 51 heavy (non-hydrogen) atoms. The smallest absolute Gasteiger partial charge is 0.238 e. The maximum Gasteiger partial charge on any atom is 0.238 e. The summed E-state index contributed by atoms with van der Waals surface area (Å²) in [6.07, 6.45) is 0. The Kier molecular flexibility index (Phi) is 7.32. The number of rotatable bonds is 5. The molecule has 0 aliphatic carbocycles. The van der Waals surface area contributed by atoms with Gasteiger partial charge in [0.2, 0.25) is 5.95 Å². The zero-order valence-corrected chi connectivity index (χ0v) is 28.9. The highest BCUT2D eigenvalue weighted by molar-refractivity contribution is 6.24. The van der Waals surface area contributed by atoms with Crippen LogP contribution < -0.4 is 0 Å². The normalized spacial score (nSPS) is 11.8. The molecule has 7 aromatic carbocycles. The van der Waals surface area contributed by atoms with E-state index in [0.717, 1.165) is 38.7 Å². The van der Waals surface area contributed by atoms with E-state index in [4.69, 9.17) is 15.0 Å². The highest BCUT2D eigenvalue weighted by atomic mass is 15.2. The van der Waals surface area contributed by atoms with Gasteiger partial charge in [-0.15, -0.1) is 0 Å². The maximum absolute atomic E-state index is 5.24. The van der Waals surface area contributed by atoms with E-state index in [9.17, 15) is 0 Å². The van der Waals surface area contributed by atoms with Crippen molar-refractivity contribution in [1.29, 1.82) is 0 Å². The zero-order valence-electron chi connectivity index (χ0n) is 28.9. The third-order valence-electron chi connectivity index (χ3n) is 9.83. The Morgan fingerprint density at radius 2 is 0.941 bits per heavy atom. The van der Waals surface area contributed by atoms with Crippen molar-refractivity contribution in [2.45, 2.75) is 26.2 Å². The average Bonchev–Trinajstić information content (AvgIpc) is 3.52. The van der Waals surface area contributed by atoms with E-state index >= 15 is 0 Å². The highest BCUT2D eigenvalue weighted by Gasteiger charge is 2.22. The second-order valence-electron chi connectivity index (χ2n) is 14.1. The first-order chi connectivity index (χ1) is 24.9. The van der Waals surface area contributed by atoms with Crippen LogP contribution in [0, 0.1) is 0 Å². The molecule has 9 rings (SSSR count). The second-order valence-corrected chi connectivity index (χ2v) is 14.1. The molecule has 0 saturated carbocycles. The van der Waals surface area contributed by atoms with E-state index in [2.05, 4.69) is 153 Å². The SMILES string of the molecule is CC(C)(C)c1ccc(-c2cc3c(c4ccccc24)c2ccc(-c4ccccc4)cc2n3-c2nc(-c3ccccc3)nc(-c3ccccc3)n2)cc1. The Labute approximate surface area is 297 Å². The minimum atomic E-state index is 0.0685. The third-order valence-corrected chi connectivity index (χ3v) is 9.83. The molecule has 0 saturated heterocycles. The molecule has 2 heterocycles. The molecule has 4 heteroatoms. The topological polar surface area (TPSA) is 43.6 Å². The van der Waals surface area contributed by atoms with Crippen LogP contribution in [0.15, 0.2) is 164 Å². The van der Waals surface area contributed by atoms with Gasteiger partial charge in [0.25, 0.3) is 0 Å². The van der Waals surface area contributed by atoms with Crippen molar-refractivity contribution in [3.8, 4) is 51.0 Å². The minimum Gasteiger partial charge on any atom is -0.278 e. The quantitative estimate of drug-likeness (QED) is 0.185. The Balaban J connectivity index is 1.40. The van der Waals surface area contributed by atoms with Crippen molar-refractivity contribution in [2.75, 3.05) is 0 Å². The Morgan fingerprint density at radius 1 is 0.412 bits per heavy atom. The Morgan fingerprint density at radius 3 is 1.53 bits per heavy atom. The Hall–Kier alpha value is -6.39. The summed E-state index contributed by atoms with van der Waals surface area (Å²) in [5.41, 5.74) is 9.99. The lowest BCUT2D eigenvalue weighted by atomic mass is 9.85. The molecule has 0 aliphatic heterocycles. The molecule has 0 unspecified atom stereocenters. The minimum absolute atomic E-state index is 0.0685.